The molecule has 1 amide bonds. The van der Waals surface area contributed by atoms with Crippen LogP contribution >= 0.6 is 0 Å². The van der Waals surface area contributed by atoms with Crippen molar-refractivity contribution in [1.29, 1.82) is 0 Å². The predicted octanol–water partition coefficient (Wildman–Crippen LogP) is 0.740. The molecule has 18 heavy (non-hydrogen) atoms. The minimum atomic E-state index is -0.235. The second-order valence-electron chi connectivity index (χ2n) is 5.13. The average Bonchev–Trinajstić information content (AvgIpc) is 2.36. The Morgan fingerprint density at radius 2 is 1.94 bits per heavy atom. The van der Waals surface area contributed by atoms with Crippen molar-refractivity contribution in [3.63, 3.8) is 0 Å². The highest BCUT2D eigenvalue weighted by molar-refractivity contribution is 5.78. The molecule has 5 nitrogen and oxygen atoms in total. The van der Waals surface area contributed by atoms with E-state index in [1.165, 1.54) is 7.11 Å². The zero-order chi connectivity index (χ0) is 13.5. The highest BCUT2D eigenvalue weighted by Crippen LogP contribution is 2.15. The third-order valence-electron chi connectivity index (χ3n) is 3.47. The average molecular weight is 256 g/mol. The van der Waals surface area contributed by atoms with E-state index in [0.717, 1.165) is 31.8 Å². The van der Waals surface area contributed by atoms with Crippen LogP contribution in [0.25, 0.3) is 0 Å². The Labute approximate surface area is 109 Å². The molecular formula is C13H24N2O3. The number of likely N-dealkylation sites (N-methyl/N-ethyl adjacent to an activating group) is 1. The maximum atomic E-state index is 12.0. The molecule has 0 unspecified atom stereocenters. The minimum absolute atomic E-state index is 0.161. The number of likely N-dealkylation sites (tertiary alicyclic amines) is 1. The molecule has 0 aromatic carbocycles. The Morgan fingerprint density at radius 1 is 1.33 bits per heavy atom. The standard InChI is InChI=1S/C13H24N2O3/c1-11-4-8-15(9-5-11)12(16)10-14(2)7-6-13(17)18-3/h11H,4-10H2,1-3H3. The first-order valence-corrected chi connectivity index (χ1v) is 6.56. The predicted molar refractivity (Wildman–Crippen MR) is 69.1 cm³/mol. The Hall–Kier alpha value is -1.10. The summed E-state index contributed by atoms with van der Waals surface area (Å²) < 4.78 is 4.57. The van der Waals surface area contributed by atoms with Crippen LogP contribution in [0.15, 0.2) is 0 Å². The van der Waals surface area contributed by atoms with Crippen molar-refractivity contribution in [1.82, 2.24) is 9.80 Å². The van der Waals surface area contributed by atoms with E-state index in [4.69, 9.17) is 0 Å². The summed E-state index contributed by atoms with van der Waals surface area (Å²) in [5.41, 5.74) is 0. The van der Waals surface area contributed by atoms with Gasteiger partial charge in [-0.15, -0.1) is 0 Å². The Kier molecular flexibility index (Phi) is 6.12. The molecule has 1 saturated heterocycles. The summed E-state index contributed by atoms with van der Waals surface area (Å²) in [6.07, 6.45) is 2.52. The van der Waals surface area contributed by atoms with Crippen molar-refractivity contribution in [2.45, 2.75) is 26.2 Å². The Morgan fingerprint density at radius 3 is 2.50 bits per heavy atom. The lowest BCUT2D eigenvalue weighted by molar-refractivity contribution is -0.141. The van der Waals surface area contributed by atoms with Gasteiger partial charge < -0.3 is 9.64 Å². The molecule has 1 aliphatic rings. The van der Waals surface area contributed by atoms with Crippen LogP contribution in [-0.4, -0.2) is 62.0 Å². The quantitative estimate of drug-likeness (QED) is 0.681. The normalized spacial score (nSPS) is 17.0. The van der Waals surface area contributed by atoms with Gasteiger partial charge in [-0.3, -0.25) is 14.5 Å². The molecule has 1 aliphatic heterocycles. The molecule has 5 heteroatoms. The van der Waals surface area contributed by atoms with Crippen LogP contribution in [0.3, 0.4) is 0 Å². The summed E-state index contributed by atoms with van der Waals surface area (Å²) in [5, 5.41) is 0. The molecule has 0 spiro atoms. The van der Waals surface area contributed by atoms with E-state index in [2.05, 4.69) is 11.7 Å². The molecule has 0 aromatic rings. The number of methoxy groups -OCH3 is 1. The van der Waals surface area contributed by atoms with Crippen molar-refractivity contribution < 1.29 is 14.3 Å². The lowest BCUT2D eigenvalue weighted by Crippen LogP contribution is -2.43. The van der Waals surface area contributed by atoms with Crippen molar-refractivity contribution in [2.24, 2.45) is 5.92 Å². The first-order valence-electron chi connectivity index (χ1n) is 6.56. The maximum Gasteiger partial charge on any atom is 0.306 e. The lowest BCUT2D eigenvalue weighted by atomic mass is 9.99. The number of rotatable bonds is 5. The Bertz CT molecular complexity index is 286. The van der Waals surface area contributed by atoms with Crippen molar-refractivity contribution in [2.75, 3.05) is 40.3 Å². The molecular weight excluding hydrogens is 232 g/mol. The van der Waals surface area contributed by atoms with Gasteiger partial charge in [-0.2, -0.15) is 0 Å². The zero-order valence-corrected chi connectivity index (χ0v) is 11.6. The number of piperidine rings is 1. The molecule has 0 saturated carbocycles. The van der Waals surface area contributed by atoms with E-state index in [-0.39, 0.29) is 11.9 Å². The van der Waals surface area contributed by atoms with Gasteiger partial charge in [0, 0.05) is 19.6 Å². The summed E-state index contributed by atoms with van der Waals surface area (Å²) in [6.45, 7) is 4.90. The summed E-state index contributed by atoms with van der Waals surface area (Å²) in [4.78, 5) is 26.8. The topological polar surface area (TPSA) is 49.9 Å². The summed E-state index contributed by atoms with van der Waals surface area (Å²) in [7, 11) is 3.23. The van der Waals surface area contributed by atoms with Gasteiger partial charge in [-0.1, -0.05) is 6.92 Å². The third kappa shape index (κ3) is 5.04. The molecule has 1 fully saturated rings. The number of ether oxygens (including phenoxy) is 1. The highest BCUT2D eigenvalue weighted by Gasteiger charge is 2.21. The molecule has 0 radical (unpaired) electrons. The number of carbonyl (C=O) groups excluding carboxylic acids is 2. The van der Waals surface area contributed by atoms with Gasteiger partial charge in [-0.05, 0) is 25.8 Å². The molecule has 0 aromatic heterocycles. The molecule has 104 valence electrons. The van der Waals surface area contributed by atoms with Crippen LogP contribution in [0.2, 0.25) is 0 Å². The van der Waals surface area contributed by atoms with Crippen LogP contribution in [-0.2, 0) is 14.3 Å². The number of esters is 1. The molecule has 0 N–H and O–H groups in total. The number of amides is 1. The van der Waals surface area contributed by atoms with Crippen LogP contribution in [0.5, 0.6) is 0 Å². The van der Waals surface area contributed by atoms with Gasteiger partial charge in [0.25, 0.3) is 0 Å². The van der Waals surface area contributed by atoms with Gasteiger partial charge in [0.05, 0.1) is 20.1 Å². The molecule has 1 rings (SSSR count). The van der Waals surface area contributed by atoms with Crippen molar-refractivity contribution in [3.8, 4) is 0 Å². The highest BCUT2D eigenvalue weighted by atomic mass is 16.5. The molecule has 0 aliphatic carbocycles. The van der Waals surface area contributed by atoms with Gasteiger partial charge >= 0.3 is 5.97 Å². The molecule has 0 atom stereocenters. The van der Waals surface area contributed by atoms with E-state index in [1.54, 1.807) is 0 Å². The third-order valence-corrected chi connectivity index (χ3v) is 3.47. The van der Waals surface area contributed by atoms with Crippen LogP contribution in [0.1, 0.15) is 26.2 Å². The van der Waals surface area contributed by atoms with Crippen LogP contribution in [0, 0.1) is 5.92 Å². The van der Waals surface area contributed by atoms with Crippen molar-refractivity contribution >= 4 is 11.9 Å². The fourth-order valence-electron chi connectivity index (χ4n) is 2.05. The van der Waals surface area contributed by atoms with E-state index >= 15 is 0 Å². The second-order valence-corrected chi connectivity index (χ2v) is 5.13. The Balaban J connectivity index is 2.24. The smallest absolute Gasteiger partial charge is 0.306 e. The van der Waals surface area contributed by atoms with Gasteiger partial charge in [0.2, 0.25) is 5.91 Å². The van der Waals surface area contributed by atoms with E-state index in [9.17, 15) is 9.59 Å². The number of carbonyl (C=O) groups is 2. The van der Waals surface area contributed by atoms with Gasteiger partial charge in [0.15, 0.2) is 0 Å². The summed E-state index contributed by atoms with van der Waals surface area (Å²) in [5.74, 6) is 0.654. The largest absolute Gasteiger partial charge is 0.469 e. The number of nitrogens with zero attached hydrogens (tertiary/aromatic N) is 2. The number of hydrogen-bond donors (Lipinski definition) is 0. The lowest BCUT2D eigenvalue weighted by Gasteiger charge is -2.31. The van der Waals surface area contributed by atoms with E-state index in [0.29, 0.717) is 19.5 Å². The van der Waals surface area contributed by atoms with Gasteiger partial charge in [-0.25, -0.2) is 0 Å². The van der Waals surface area contributed by atoms with E-state index < -0.39 is 0 Å². The van der Waals surface area contributed by atoms with Crippen molar-refractivity contribution in [3.05, 3.63) is 0 Å². The first kappa shape index (κ1) is 15.0. The SMILES string of the molecule is COC(=O)CCN(C)CC(=O)N1CCC(C)CC1. The zero-order valence-electron chi connectivity index (χ0n) is 11.6. The maximum absolute atomic E-state index is 12.0. The first-order chi connectivity index (χ1) is 8.52. The van der Waals surface area contributed by atoms with E-state index in [1.807, 2.05) is 16.8 Å². The molecule has 0 bridgehead atoms. The monoisotopic (exact) mass is 256 g/mol. The van der Waals surface area contributed by atoms with Crippen LogP contribution < -0.4 is 0 Å². The second kappa shape index (κ2) is 7.36. The minimum Gasteiger partial charge on any atom is -0.469 e. The van der Waals surface area contributed by atoms with Gasteiger partial charge in [0.1, 0.15) is 0 Å². The summed E-state index contributed by atoms with van der Waals surface area (Å²) in [6, 6.07) is 0. The molecule has 1 heterocycles. The summed E-state index contributed by atoms with van der Waals surface area (Å²) >= 11 is 0. The number of hydrogen-bond acceptors (Lipinski definition) is 4. The van der Waals surface area contributed by atoms with Crippen LogP contribution in [0.4, 0.5) is 0 Å². The fraction of sp³-hybridized carbons (Fsp3) is 0.846. The fourth-order valence-corrected chi connectivity index (χ4v) is 2.05.